The van der Waals surface area contributed by atoms with E-state index in [0.29, 0.717) is 25.4 Å². The fourth-order valence-electron chi connectivity index (χ4n) is 3.80. The molecule has 5 nitrogen and oxygen atoms in total. The van der Waals surface area contributed by atoms with E-state index in [1.165, 1.54) is 6.42 Å². The number of nitrogens with zero attached hydrogens (tertiary/aromatic N) is 2. The monoisotopic (exact) mass is 328 g/mol. The van der Waals surface area contributed by atoms with E-state index in [1.54, 1.807) is 12.5 Å². The molecule has 0 bridgehead atoms. The van der Waals surface area contributed by atoms with Crippen molar-refractivity contribution >= 4 is 0 Å². The van der Waals surface area contributed by atoms with E-state index in [0.717, 1.165) is 37.3 Å². The van der Waals surface area contributed by atoms with Gasteiger partial charge in [0.15, 0.2) is 0 Å². The number of rotatable bonds is 6. The van der Waals surface area contributed by atoms with Crippen molar-refractivity contribution in [1.82, 2.24) is 9.88 Å². The third-order valence-corrected chi connectivity index (χ3v) is 4.98. The first-order valence-corrected chi connectivity index (χ1v) is 8.77. The molecule has 0 radical (unpaired) electrons. The zero-order valence-corrected chi connectivity index (χ0v) is 13.8. The molecule has 3 atom stereocenters. The van der Waals surface area contributed by atoms with Crippen molar-refractivity contribution in [3.63, 3.8) is 0 Å². The summed E-state index contributed by atoms with van der Waals surface area (Å²) >= 11 is 0. The quantitative estimate of drug-likeness (QED) is 0.816. The average Bonchev–Trinajstić information content (AvgIpc) is 3.26. The lowest BCUT2D eigenvalue weighted by Crippen LogP contribution is -2.43. The van der Waals surface area contributed by atoms with Crippen molar-refractivity contribution in [2.75, 3.05) is 13.2 Å². The average molecular weight is 328 g/mol. The van der Waals surface area contributed by atoms with Crippen LogP contribution in [-0.2, 0) is 22.6 Å². The van der Waals surface area contributed by atoms with Crippen molar-refractivity contribution in [3.8, 4) is 0 Å². The smallest absolute Gasteiger partial charge is 0.117 e. The lowest BCUT2D eigenvalue weighted by atomic mass is 9.99. The Labute approximate surface area is 142 Å². The molecule has 0 saturated carbocycles. The molecule has 24 heavy (non-hydrogen) atoms. The molecule has 128 valence electrons. The van der Waals surface area contributed by atoms with Crippen LogP contribution in [0.25, 0.3) is 0 Å². The van der Waals surface area contributed by atoms with E-state index >= 15 is 0 Å². The summed E-state index contributed by atoms with van der Waals surface area (Å²) in [5, 5.41) is 0. The zero-order valence-electron chi connectivity index (χ0n) is 13.8. The molecule has 4 rings (SSSR count). The van der Waals surface area contributed by atoms with Crippen molar-refractivity contribution in [2.45, 2.75) is 50.7 Å². The maximum atomic E-state index is 6.28. The van der Waals surface area contributed by atoms with Crippen molar-refractivity contribution in [1.29, 1.82) is 0 Å². The summed E-state index contributed by atoms with van der Waals surface area (Å²) in [4.78, 5) is 6.60. The molecular formula is C19H24N2O3. The van der Waals surface area contributed by atoms with Crippen molar-refractivity contribution < 1.29 is 13.9 Å². The Bertz CT molecular complexity index is 617. The highest BCUT2D eigenvalue weighted by Gasteiger charge is 2.39. The highest BCUT2D eigenvalue weighted by molar-refractivity contribution is 5.06. The second-order valence-corrected chi connectivity index (χ2v) is 6.66. The SMILES string of the molecule is c1cncc(COC[C@@H]2CC[C@@H]3[C@@H](CCN3Cc3ccco3)O2)c1. The molecule has 0 amide bonds. The van der Waals surface area contributed by atoms with Crippen LogP contribution >= 0.6 is 0 Å². The van der Waals surface area contributed by atoms with E-state index in [2.05, 4.69) is 9.88 Å². The lowest BCUT2D eigenvalue weighted by Gasteiger charge is -2.35. The second kappa shape index (κ2) is 7.47. The van der Waals surface area contributed by atoms with Gasteiger partial charge < -0.3 is 13.9 Å². The molecule has 4 heterocycles. The van der Waals surface area contributed by atoms with E-state index in [1.807, 2.05) is 30.5 Å². The van der Waals surface area contributed by atoms with Gasteiger partial charge in [-0.3, -0.25) is 9.88 Å². The third-order valence-electron chi connectivity index (χ3n) is 4.98. The number of ether oxygens (including phenoxy) is 2. The Morgan fingerprint density at radius 2 is 2.21 bits per heavy atom. The van der Waals surface area contributed by atoms with E-state index < -0.39 is 0 Å². The summed E-state index contributed by atoms with van der Waals surface area (Å²) < 4.78 is 17.6. The molecule has 0 aromatic carbocycles. The highest BCUT2D eigenvalue weighted by atomic mass is 16.5. The topological polar surface area (TPSA) is 47.7 Å². The minimum atomic E-state index is 0.214. The number of furan rings is 1. The molecule has 0 aliphatic carbocycles. The predicted octanol–water partition coefficient (Wildman–Crippen LogP) is 3.01. The molecule has 2 aliphatic heterocycles. The van der Waals surface area contributed by atoms with Gasteiger partial charge in [0.05, 0.1) is 38.2 Å². The van der Waals surface area contributed by atoms with E-state index in [4.69, 9.17) is 13.9 Å². The molecular weight excluding hydrogens is 304 g/mol. The van der Waals surface area contributed by atoms with Gasteiger partial charge in [0.1, 0.15) is 5.76 Å². The number of aromatic nitrogens is 1. The van der Waals surface area contributed by atoms with Gasteiger partial charge in [-0.1, -0.05) is 6.07 Å². The Kier molecular flexibility index (Phi) is 4.92. The molecule has 2 aromatic heterocycles. The van der Waals surface area contributed by atoms with Crippen LogP contribution in [0.5, 0.6) is 0 Å². The number of likely N-dealkylation sites (tertiary alicyclic amines) is 1. The van der Waals surface area contributed by atoms with Gasteiger partial charge in [-0.25, -0.2) is 0 Å². The van der Waals surface area contributed by atoms with Gasteiger partial charge in [-0.2, -0.15) is 0 Å². The molecule has 0 unspecified atom stereocenters. The van der Waals surface area contributed by atoms with E-state index in [-0.39, 0.29) is 6.10 Å². The standard InChI is InChI=1S/C19H24N2O3/c1-3-15(11-20-8-1)13-22-14-17-5-6-18-19(24-17)7-9-21(18)12-16-4-2-10-23-16/h1-4,8,10-11,17-19H,5-7,9,12-14H2/t17-,18+,19+/m0/s1. The number of hydrogen-bond donors (Lipinski definition) is 0. The van der Waals surface area contributed by atoms with Gasteiger partial charge in [0.2, 0.25) is 0 Å². The molecule has 0 N–H and O–H groups in total. The van der Waals surface area contributed by atoms with Crippen molar-refractivity contribution in [3.05, 3.63) is 54.2 Å². The Balaban J connectivity index is 1.23. The first-order chi connectivity index (χ1) is 11.9. The second-order valence-electron chi connectivity index (χ2n) is 6.66. The largest absolute Gasteiger partial charge is 0.468 e. The van der Waals surface area contributed by atoms with Gasteiger partial charge >= 0.3 is 0 Å². The minimum absolute atomic E-state index is 0.214. The van der Waals surface area contributed by atoms with Crippen LogP contribution in [0.15, 0.2) is 47.3 Å². The van der Waals surface area contributed by atoms with Gasteiger partial charge in [0.25, 0.3) is 0 Å². The summed E-state index contributed by atoms with van der Waals surface area (Å²) in [6.07, 6.45) is 9.26. The van der Waals surface area contributed by atoms with E-state index in [9.17, 15) is 0 Å². The summed E-state index contributed by atoms with van der Waals surface area (Å²) in [5.74, 6) is 1.04. The molecule has 2 aromatic rings. The summed E-state index contributed by atoms with van der Waals surface area (Å²) in [6, 6.07) is 8.49. The van der Waals surface area contributed by atoms with Crippen LogP contribution in [0.4, 0.5) is 0 Å². The lowest BCUT2D eigenvalue weighted by molar-refractivity contribution is -0.102. The van der Waals surface area contributed by atoms with Crippen LogP contribution in [0.3, 0.4) is 0 Å². The molecule has 0 spiro atoms. The van der Waals surface area contributed by atoms with Crippen LogP contribution in [0, 0.1) is 0 Å². The Morgan fingerprint density at radius 3 is 3.04 bits per heavy atom. The summed E-state index contributed by atoms with van der Waals surface area (Å²) in [6.45, 7) is 3.24. The summed E-state index contributed by atoms with van der Waals surface area (Å²) in [7, 11) is 0. The first-order valence-electron chi connectivity index (χ1n) is 8.77. The molecule has 2 fully saturated rings. The van der Waals surface area contributed by atoms with Gasteiger partial charge in [-0.15, -0.1) is 0 Å². The molecule has 5 heteroatoms. The Morgan fingerprint density at radius 1 is 1.21 bits per heavy atom. The fourth-order valence-corrected chi connectivity index (χ4v) is 3.80. The number of pyridine rings is 1. The molecule has 2 saturated heterocycles. The zero-order chi connectivity index (χ0) is 16.2. The predicted molar refractivity (Wildman–Crippen MR) is 89.3 cm³/mol. The van der Waals surface area contributed by atoms with Crippen LogP contribution in [0.2, 0.25) is 0 Å². The van der Waals surface area contributed by atoms with Gasteiger partial charge in [-0.05, 0) is 43.0 Å². The molecule has 2 aliphatic rings. The van der Waals surface area contributed by atoms with Gasteiger partial charge in [0, 0.05) is 25.0 Å². The van der Waals surface area contributed by atoms with Crippen LogP contribution in [-0.4, -0.2) is 41.3 Å². The van der Waals surface area contributed by atoms with Crippen LogP contribution < -0.4 is 0 Å². The van der Waals surface area contributed by atoms with Crippen LogP contribution in [0.1, 0.15) is 30.6 Å². The highest BCUT2D eigenvalue weighted by Crippen LogP contribution is 2.32. The Hall–Kier alpha value is -1.69. The number of hydrogen-bond acceptors (Lipinski definition) is 5. The maximum Gasteiger partial charge on any atom is 0.117 e. The summed E-state index contributed by atoms with van der Waals surface area (Å²) in [5.41, 5.74) is 1.11. The number of fused-ring (bicyclic) bond motifs is 1. The maximum absolute atomic E-state index is 6.28. The normalized spacial score (nSPS) is 27.2. The third kappa shape index (κ3) is 3.69. The first kappa shape index (κ1) is 15.8. The minimum Gasteiger partial charge on any atom is -0.468 e. The fraction of sp³-hybridized carbons (Fsp3) is 0.526. The van der Waals surface area contributed by atoms with Crippen molar-refractivity contribution in [2.24, 2.45) is 0 Å².